The van der Waals surface area contributed by atoms with Crippen LogP contribution in [0.1, 0.15) is 63.4 Å². The molecule has 1 unspecified atom stereocenters. The molecule has 0 radical (unpaired) electrons. The number of fused-ring (bicyclic) bond motifs is 1. The van der Waals surface area contributed by atoms with Crippen LogP contribution in [0, 0.1) is 6.92 Å². The van der Waals surface area contributed by atoms with E-state index in [9.17, 15) is 14.4 Å². The van der Waals surface area contributed by atoms with Crippen molar-refractivity contribution in [1.29, 1.82) is 0 Å². The second kappa shape index (κ2) is 6.23. The summed E-state index contributed by atoms with van der Waals surface area (Å²) in [7, 11) is 0. The quantitative estimate of drug-likeness (QED) is 0.719. The summed E-state index contributed by atoms with van der Waals surface area (Å²) in [5.41, 5.74) is 5.88. The van der Waals surface area contributed by atoms with Crippen LogP contribution in [-0.2, 0) is 4.79 Å². The molecule has 3 heteroatoms. The van der Waals surface area contributed by atoms with Crippen molar-refractivity contribution in [2.24, 2.45) is 0 Å². The number of carbonyl (C=O) groups excluding carboxylic acids is 3. The van der Waals surface area contributed by atoms with Crippen molar-refractivity contribution in [3.05, 3.63) is 93.1 Å². The zero-order valence-corrected chi connectivity index (χ0v) is 15.7. The van der Waals surface area contributed by atoms with Gasteiger partial charge in [-0.3, -0.25) is 14.4 Å². The van der Waals surface area contributed by atoms with Crippen molar-refractivity contribution in [1.82, 2.24) is 0 Å². The summed E-state index contributed by atoms with van der Waals surface area (Å²) in [6, 6.07) is 15.0. The van der Waals surface area contributed by atoms with Crippen LogP contribution in [0.15, 0.2) is 70.8 Å². The monoisotopic (exact) mass is 368 g/mol. The van der Waals surface area contributed by atoms with E-state index in [4.69, 9.17) is 0 Å². The molecule has 0 aliphatic heterocycles. The van der Waals surface area contributed by atoms with Crippen molar-refractivity contribution in [3.8, 4) is 0 Å². The first kappa shape index (κ1) is 17.1. The zero-order valence-electron chi connectivity index (χ0n) is 15.7. The minimum Gasteiger partial charge on any atom is -0.295 e. The number of hydrogen-bond donors (Lipinski definition) is 0. The topological polar surface area (TPSA) is 51.2 Å². The fourth-order valence-electron chi connectivity index (χ4n) is 4.85. The van der Waals surface area contributed by atoms with E-state index in [1.54, 1.807) is 24.3 Å². The van der Waals surface area contributed by atoms with Gasteiger partial charge in [-0.1, -0.05) is 59.7 Å². The molecule has 0 aromatic heterocycles. The molecule has 138 valence electrons. The summed E-state index contributed by atoms with van der Waals surface area (Å²) in [5.74, 6) is -0.484. The fourth-order valence-corrected chi connectivity index (χ4v) is 4.85. The Hall–Kier alpha value is -3.07. The van der Waals surface area contributed by atoms with Crippen LogP contribution < -0.4 is 0 Å². The van der Waals surface area contributed by atoms with Crippen molar-refractivity contribution >= 4 is 17.3 Å². The van der Waals surface area contributed by atoms with Gasteiger partial charge in [0.05, 0.1) is 0 Å². The molecule has 28 heavy (non-hydrogen) atoms. The summed E-state index contributed by atoms with van der Waals surface area (Å²) < 4.78 is 0. The number of rotatable bonds is 1. The molecule has 3 nitrogen and oxygen atoms in total. The Balaban J connectivity index is 1.76. The first-order valence-corrected chi connectivity index (χ1v) is 9.79. The highest BCUT2D eigenvalue weighted by Crippen LogP contribution is 2.49. The van der Waals surface area contributed by atoms with Gasteiger partial charge in [-0.25, -0.2) is 0 Å². The van der Waals surface area contributed by atoms with E-state index >= 15 is 0 Å². The van der Waals surface area contributed by atoms with E-state index in [2.05, 4.69) is 0 Å². The smallest absolute Gasteiger partial charge is 0.191 e. The Morgan fingerprint density at radius 3 is 2.18 bits per heavy atom. The van der Waals surface area contributed by atoms with Crippen LogP contribution >= 0.6 is 0 Å². The molecule has 0 bridgehead atoms. The number of benzene rings is 2. The molecule has 0 amide bonds. The number of hydrogen-bond acceptors (Lipinski definition) is 3. The second-order valence-corrected chi connectivity index (χ2v) is 7.91. The largest absolute Gasteiger partial charge is 0.295 e. The maximum Gasteiger partial charge on any atom is 0.191 e. The Morgan fingerprint density at radius 2 is 1.46 bits per heavy atom. The van der Waals surface area contributed by atoms with Crippen molar-refractivity contribution in [2.45, 2.75) is 38.5 Å². The highest BCUT2D eigenvalue weighted by molar-refractivity contribution is 6.28. The van der Waals surface area contributed by atoms with E-state index in [1.165, 1.54) is 0 Å². The number of aryl methyl sites for hydroxylation is 1. The minimum atomic E-state index is -0.433. The minimum absolute atomic E-state index is 0.0631. The Bertz CT molecular complexity index is 1110. The average molecular weight is 368 g/mol. The molecule has 2 aromatic carbocycles. The average Bonchev–Trinajstić information content (AvgIpc) is 2.71. The standard InChI is InChI=1S/C25H20O3/c1-14-9-11-15(12-10-14)22-21-16(5-4-8-20(21)26)13-19-23(22)25(28)18-7-3-2-6-17(18)24(19)27/h2-3,6-7,9-12,22H,4-5,8,13H2,1H3. The lowest BCUT2D eigenvalue weighted by atomic mass is 9.65. The van der Waals surface area contributed by atoms with Crippen LogP contribution in [0.5, 0.6) is 0 Å². The van der Waals surface area contributed by atoms with Crippen LogP contribution in [-0.4, -0.2) is 17.3 Å². The molecule has 3 aliphatic carbocycles. The molecule has 0 saturated carbocycles. The highest BCUT2D eigenvalue weighted by Gasteiger charge is 2.43. The molecular formula is C25H20O3. The van der Waals surface area contributed by atoms with E-state index in [0.717, 1.165) is 35.1 Å². The molecular weight excluding hydrogens is 348 g/mol. The molecule has 0 saturated heterocycles. The van der Waals surface area contributed by atoms with Crippen LogP contribution in [0.2, 0.25) is 0 Å². The van der Waals surface area contributed by atoms with Crippen LogP contribution in [0.25, 0.3) is 0 Å². The van der Waals surface area contributed by atoms with Gasteiger partial charge in [-0.05, 0) is 31.7 Å². The maximum atomic E-state index is 13.5. The Kier molecular flexibility index (Phi) is 3.80. The van der Waals surface area contributed by atoms with E-state index in [-0.39, 0.29) is 17.3 Å². The lowest BCUT2D eigenvalue weighted by Crippen LogP contribution is -2.33. The molecule has 1 atom stereocenters. The van der Waals surface area contributed by atoms with Gasteiger partial charge in [-0.2, -0.15) is 0 Å². The molecule has 0 spiro atoms. The fraction of sp³-hybridized carbons (Fsp3) is 0.240. The summed E-state index contributed by atoms with van der Waals surface area (Å²) in [6.45, 7) is 2.01. The van der Waals surface area contributed by atoms with Gasteiger partial charge in [0.15, 0.2) is 17.3 Å². The third kappa shape index (κ3) is 2.39. The first-order chi connectivity index (χ1) is 13.6. The van der Waals surface area contributed by atoms with Gasteiger partial charge in [0.25, 0.3) is 0 Å². The predicted molar refractivity (Wildman–Crippen MR) is 107 cm³/mol. The Labute approximate surface area is 163 Å². The van der Waals surface area contributed by atoms with Crippen molar-refractivity contribution in [2.75, 3.05) is 0 Å². The highest BCUT2D eigenvalue weighted by atomic mass is 16.1. The summed E-state index contributed by atoms with van der Waals surface area (Å²) >= 11 is 0. The van der Waals surface area contributed by atoms with Gasteiger partial charge in [0.2, 0.25) is 0 Å². The molecule has 0 fully saturated rings. The number of allylic oxidation sites excluding steroid dienone is 4. The van der Waals surface area contributed by atoms with Crippen molar-refractivity contribution in [3.63, 3.8) is 0 Å². The van der Waals surface area contributed by atoms with Crippen LogP contribution in [0.3, 0.4) is 0 Å². The third-order valence-corrected chi connectivity index (χ3v) is 6.20. The zero-order chi connectivity index (χ0) is 19.4. The van der Waals surface area contributed by atoms with E-state index < -0.39 is 5.92 Å². The molecule has 2 aromatic rings. The summed E-state index contributed by atoms with van der Waals surface area (Å²) in [6.07, 6.45) is 2.59. The maximum absolute atomic E-state index is 13.5. The van der Waals surface area contributed by atoms with Gasteiger partial charge in [0.1, 0.15) is 0 Å². The first-order valence-electron chi connectivity index (χ1n) is 9.79. The summed E-state index contributed by atoms with van der Waals surface area (Å²) in [5, 5.41) is 0. The normalized spacial score (nSPS) is 21.5. The Morgan fingerprint density at radius 1 is 0.786 bits per heavy atom. The lowest BCUT2D eigenvalue weighted by Gasteiger charge is -2.36. The van der Waals surface area contributed by atoms with Gasteiger partial charge < -0.3 is 0 Å². The second-order valence-electron chi connectivity index (χ2n) is 7.91. The molecule has 5 rings (SSSR count). The van der Waals surface area contributed by atoms with Gasteiger partial charge >= 0.3 is 0 Å². The van der Waals surface area contributed by atoms with Gasteiger partial charge in [0, 0.05) is 40.2 Å². The number of ketones is 3. The number of Topliss-reactive ketones (excluding diaryl/α,β-unsaturated/α-hetero) is 3. The SMILES string of the molecule is Cc1ccc(C2C3=C(CCCC3=O)CC3=C2C(=O)c2ccccc2C3=O)cc1. The van der Waals surface area contributed by atoms with Crippen LogP contribution in [0.4, 0.5) is 0 Å². The summed E-state index contributed by atoms with van der Waals surface area (Å²) in [4.78, 5) is 39.7. The van der Waals surface area contributed by atoms with E-state index in [1.807, 2.05) is 31.2 Å². The van der Waals surface area contributed by atoms with Crippen molar-refractivity contribution < 1.29 is 14.4 Å². The number of carbonyl (C=O) groups is 3. The predicted octanol–water partition coefficient (Wildman–Crippen LogP) is 4.91. The van der Waals surface area contributed by atoms with E-state index in [0.29, 0.717) is 35.1 Å². The third-order valence-electron chi connectivity index (χ3n) is 6.20. The van der Waals surface area contributed by atoms with Gasteiger partial charge in [-0.15, -0.1) is 0 Å². The molecule has 3 aliphatic rings. The molecule has 0 N–H and O–H groups in total. The molecule has 0 heterocycles. The lowest BCUT2D eigenvalue weighted by molar-refractivity contribution is -0.116.